The number of hydrogen-bond acceptors (Lipinski definition) is 6. The van der Waals surface area contributed by atoms with Crippen molar-refractivity contribution in [3.05, 3.63) is 0 Å². The molecule has 0 aromatic rings. The van der Waals surface area contributed by atoms with Gasteiger partial charge in [0.15, 0.2) is 0 Å². The van der Waals surface area contributed by atoms with Crippen molar-refractivity contribution in [1.82, 2.24) is 9.03 Å². The maximum atomic E-state index is 12.0. The van der Waals surface area contributed by atoms with Gasteiger partial charge in [-0.1, -0.05) is 0 Å². The Morgan fingerprint density at radius 3 is 2.50 bits per heavy atom. The minimum Gasteiger partial charge on any atom is -0.466 e. The zero-order valence-corrected chi connectivity index (χ0v) is 12.4. The molecule has 1 heterocycles. The van der Waals surface area contributed by atoms with Gasteiger partial charge in [0, 0.05) is 13.1 Å². The van der Waals surface area contributed by atoms with Gasteiger partial charge >= 0.3 is 22.3 Å². The molecular formula is C11H20N2O6S. The molecule has 0 saturated carbocycles. The molecule has 1 N–H and O–H groups in total. The minimum atomic E-state index is -3.99. The molecule has 20 heavy (non-hydrogen) atoms. The van der Waals surface area contributed by atoms with Crippen molar-refractivity contribution in [2.24, 2.45) is 5.92 Å². The fraction of sp³-hybridized carbons (Fsp3) is 0.818. The van der Waals surface area contributed by atoms with E-state index in [2.05, 4.69) is 4.74 Å². The highest BCUT2D eigenvalue weighted by molar-refractivity contribution is 7.87. The highest BCUT2D eigenvalue weighted by atomic mass is 32.2. The largest absolute Gasteiger partial charge is 0.466 e. The molecule has 8 nitrogen and oxygen atoms in total. The van der Waals surface area contributed by atoms with E-state index < -0.39 is 28.2 Å². The molecule has 0 bridgehead atoms. The van der Waals surface area contributed by atoms with Crippen molar-refractivity contribution in [3.63, 3.8) is 0 Å². The van der Waals surface area contributed by atoms with Crippen molar-refractivity contribution in [2.75, 3.05) is 26.3 Å². The maximum Gasteiger partial charge on any atom is 0.421 e. The lowest BCUT2D eigenvalue weighted by Gasteiger charge is -2.30. The van der Waals surface area contributed by atoms with Crippen molar-refractivity contribution < 1.29 is 27.5 Å². The topological polar surface area (TPSA) is 102 Å². The van der Waals surface area contributed by atoms with E-state index >= 15 is 0 Å². The SMILES string of the molecule is CCOC(=O)NS(=O)(=O)N1CCCC(C(=O)OCC)C1. The molecule has 1 atom stereocenters. The van der Waals surface area contributed by atoms with Crippen molar-refractivity contribution in [1.29, 1.82) is 0 Å². The van der Waals surface area contributed by atoms with Crippen molar-refractivity contribution >= 4 is 22.3 Å². The fourth-order valence-electron chi connectivity index (χ4n) is 1.94. The highest BCUT2D eigenvalue weighted by Crippen LogP contribution is 2.19. The van der Waals surface area contributed by atoms with Crippen LogP contribution in [-0.4, -0.2) is 51.1 Å². The van der Waals surface area contributed by atoms with Crippen LogP contribution in [0, 0.1) is 5.92 Å². The Morgan fingerprint density at radius 2 is 1.90 bits per heavy atom. The Morgan fingerprint density at radius 1 is 1.25 bits per heavy atom. The molecule has 1 aliphatic rings. The first-order chi connectivity index (χ1) is 9.40. The summed E-state index contributed by atoms with van der Waals surface area (Å²) in [4.78, 5) is 22.8. The van der Waals surface area contributed by atoms with Gasteiger partial charge in [0.2, 0.25) is 0 Å². The number of piperidine rings is 1. The fourth-order valence-corrected chi connectivity index (χ4v) is 3.09. The van der Waals surface area contributed by atoms with E-state index in [1.165, 1.54) is 0 Å². The number of carbonyl (C=O) groups is 2. The lowest BCUT2D eigenvalue weighted by Crippen LogP contribution is -2.49. The molecule has 0 radical (unpaired) electrons. The zero-order valence-electron chi connectivity index (χ0n) is 11.6. The predicted octanol–water partition coefficient (Wildman–Crippen LogP) is 0.252. The summed E-state index contributed by atoms with van der Waals surface area (Å²) in [5, 5.41) is 0. The Balaban J connectivity index is 2.65. The zero-order chi connectivity index (χ0) is 15.2. The van der Waals surface area contributed by atoms with E-state index in [9.17, 15) is 18.0 Å². The quantitative estimate of drug-likeness (QED) is 0.731. The minimum absolute atomic E-state index is 0.00751. The van der Waals surface area contributed by atoms with Crippen LogP contribution < -0.4 is 4.72 Å². The van der Waals surface area contributed by atoms with E-state index in [1.54, 1.807) is 18.6 Å². The summed E-state index contributed by atoms with van der Waals surface area (Å²) in [6.45, 7) is 3.86. The molecule has 0 aromatic heterocycles. The van der Waals surface area contributed by atoms with Crippen LogP contribution in [0.2, 0.25) is 0 Å². The standard InChI is InChI=1S/C11H20N2O6S/c1-3-18-10(14)9-6-5-7-13(8-9)20(16,17)12-11(15)19-4-2/h9H,3-8H2,1-2H3,(H,12,15). The average Bonchev–Trinajstić information content (AvgIpc) is 2.39. The van der Waals surface area contributed by atoms with Gasteiger partial charge in [-0.15, -0.1) is 0 Å². The van der Waals surface area contributed by atoms with E-state index in [4.69, 9.17) is 4.74 Å². The van der Waals surface area contributed by atoms with Crippen LogP contribution >= 0.6 is 0 Å². The summed E-state index contributed by atoms with van der Waals surface area (Å²) >= 11 is 0. The molecular weight excluding hydrogens is 288 g/mol. The predicted molar refractivity (Wildman–Crippen MR) is 70.0 cm³/mol. The molecule has 0 aromatic carbocycles. The first-order valence-electron chi connectivity index (χ1n) is 6.52. The number of amides is 1. The average molecular weight is 308 g/mol. The molecule has 1 saturated heterocycles. The highest BCUT2D eigenvalue weighted by Gasteiger charge is 2.34. The van der Waals surface area contributed by atoms with E-state index in [0.717, 1.165) is 4.31 Å². The van der Waals surface area contributed by atoms with Crippen LogP contribution in [0.3, 0.4) is 0 Å². The van der Waals surface area contributed by atoms with E-state index in [1.807, 2.05) is 0 Å². The van der Waals surface area contributed by atoms with Crippen molar-refractivity contribution in [3.8, 4) is 0 Å². The third kappa shape index (κ3) is 4.64. The van der Waals surface area contributed by atoms with Crippen LogP contribution in [0.25, 0.3) is 0 Å². The monoisotopic (exact) mass is 308 g/mol. The van der Waals surface area contributed by atoms with Crippen LogP contribution in [0.15, 0.2) is 0 Å². The first kappa shape index (κ1) is 16.7. The van der Waals surface area contributed by atoms with Crippen molar-refractivity contribution in [2.45, 2.75) is 26.7 Å². The second-order valence-corrected chi connectivity index (χ2v) is 5.95. The maximum absolute atomic E-state index is 12.0. The van der Waals surface area contributed by atoms with Gasteiger partial charge in [0.1, 0.15) is 0 Å². The third-order valence-corrected chi connectivity index (χ3v) is 4.27. The number of esters is 1. The van der Waals surface area contributed by atoms with E-state index in [-0.39, 0.29) is 26.3 Å². The number of hydrogen-bond donors (Lipinski definition) is 1. The lowest BCUT2D eigenvalue weighted by molar-refractivity contribution is -0.149. The van der Waals surface area contributed by atoms with Crippen LogP contribution in [0.5, 0.6) is 0 Å². The van der Waals surface area contributed by atoms with Crippen LogP contribution in [-0.2, 0) is 24.5 Å². The Bertz CT molecular complexity index is 450. The third-order valence-electron chi connectivity index (χ3n) is 2.83. The normalized spacial score (nSPS) is 20.2. The smallest absolute Gasteiger partial charge is 0.421 e. The second-order valence-electron chi connectivity index (χ2n) is 4.28. The molecule has 0 aliphatic carbocycles. The van der Waals surface area contributed by atoms with Gasteiger partial charge < -0.3 is 9.47 Å². The molecule has 9 heteroatoms. The summed E-state index contributed by atoms with van der Waals surface area (Å²) < 4.78 is 36.2. The number of nitrogens with one attached hydrogen (secondary N) is 1. The number of carbonyl (C=O) groups excluding carboxylic acids is 2. The first-order valence-corrected chi connectivity index (χ1v) is 7.96. The number of nitrogens with zero attached hydrogens (tertiary/aromatic N) is 1. The summed E-state index contributed by atoms with van der Waals surface area (Å²) in [6.07, 6.45) is 0.0862. The summed E-state index contributed by atoms with van der Waals surface area (Å²) in [5.74, 6) is -0.911. The van der Waals surface area contributed by atoms with Gasteiger partial charge in [-0.2, -0.15) is 12.7 Å². The van der Waals surface area contributed by atoms with Gasteiger partial charge in [-0.3, -0.25) is 4.79 Å². The molecule has 1 amide bonds. The summed E-state index contributed by atoms with van der Waals surface area (Å²) in [6, 6.07) is 0. The van der Waals surface area contributed by atoms with Crippen LogP contribution in [0.4, 0.5) is 4.79 Å². The second kappa shape index (κ2) is 7.44. The van der Waals surface area contributed by atoms with Gasteiger partial charge in [-0.25, -0.2) is 9.52 Å². The molecule has 0 spiro atoms. The number of rotatable bonds is 5. The molecule has 116 valence electrons. The molecule has 1 aliphatic heterocycles. The summed E-state index contributed by atoms with van der Waals surface area (Å²) in [5.41, 5.74) is 0. The van der Waals surface area contributed by atoms with Crippen LogP contribution in [0.1, 0.15) is 26.7 Å². The molecule has 1 unspecified atom stereocenters. The van der Waals surface area contributed by atoms with Gasteiger partial charge in [-0.05, 0) is 26.7 Å². The molecule has 1 fully saturated rings. The number of ether oxygens (including phenoxy) is 2. The Labute approximate surface area is 118 Å². The Hall–Kier alpha value is -1.35. The lowest BCUT2D eigenvalue weighted by atomic mass is 10.0. The van der Waals surface area contributed by atoms with E-state index in [0.29, 0.717) is 12.8 Å². The Kier molecular flexibility index (Phi) is 6.21. The molecule has 1 rings (SSSR count). The summed E-state index contributed by atoms with van der Waals surface area (Å²) in [7, 11) is -3.99. The van der Waals surface area contributed by atoms with Gasteiger partial charge in [0.25, 0.3) is 0 Å². The van der Waals surface area contributed by atoms with Gasteiger partial charge in [0.05, 0.1) is 19.1 Å².